The molecule has 1 fully saturated rings. The predicted octanol–water partition coefficient (Wildman–Crippen LogP) is 3.87. The van der Waals surface area contributed by atoms with Gasteiger partial charge < -0.3 is 0 Å². The van der Waals surface area contributed by atoms with Gasteiger partial charge in [0.05, 0.1) is 0 Å². The second-order valence-corrected chi connectivity index (χ2v) is 6.86. The molecule has 94 valence electrons. The molecule has 0 spiro atoms. The molecule has 1 aliphatic rings. The van der Waals surface area contributed by atoms with Crippen LogP contribution in [0.5, 0.6) is 0 Å². The Morgan fingerprint density at radius 2 is 2.24 bits per heavy atom. The van der Waals surface area contributed by atoms with Crippen molar-refractivity contribution in [2.75, 3.05) is 25.1 Å². The van der Waals surface area contributed by atoms with Crippen LogP contribution < -0.4 is 0 Å². The predicted molar refractivity (Wildman–Crippen MR) is 85.5 cm³/mol. The van der Waals surface area contributed by atoms with Crippen LogP contribution >= 0.6 is 34.4 Å². The molecule has 1 aromatic carbocycles. The van der Waals surface area contributed by atoms with Crippen LogP contribution in [0.15, 0.2) is 24.3 Å². The molecule has 0 N–H and O–H groups in total. The highest BCUT2D eigenvalue weighted by Gasteiger charge is 2.19. The average Bonchev–Trinajstić information content (AvgIpc) is 2.33. The van der Waals surface area contributed by atoms with Crippen molar-refractivity contribution in [2.24, 2.45) is 5.92 Å². The van der Waals surface area contributed by atoms with Gasteiger partial charge in [-0.3, -0.25) is 4.90 Å². The van der Waals surface area contributed by atoms with Gasteiger partial charge in [-0.1, -0.05) is 18.2 Å². The molecule has 0 radical (unpaired) electrons. The van der Waals surface area contributed by atoms with Gasteiger partial charge in [0, 0.05) is 16.7 Å². The van der Waals surface area contributed by atoms with E-state index in [0.29, 0.717) is 0 Å². The van der Waals surface area contributed by atoms with Gasteiger partial charge in [0.1, 0.15) is 0 Å². The summed E-state index contributed by atoms with van der Waals surface area (Å²) in [6.07, 6.45) is 5.01. The van der Waals surface area contributed by atoms with Crippen LogP contribution in [0.1, 0.15) is 18.4 Å². The molecule has 3 heteroatoms. The highest BCUT2D eigenvalue weighted by atomic mass is 127. The topological polar surface area (TPSA) is 3.24 Å². The van der Waals surface area contributed by atoms with Crippen LogP contribution in [-0.2, 0) is 6.54 Å². The molecule has 1 atom stereocenters. The molecule has 1 unspecified atom stereocenters. The van der Waals surface area contributed by atoms with Crippen molar-refractivity contribution >= 4 is 34.4 Å². The summed E-state index contributed by atoms with van der Waals surface area (Å²) in [4.78, 5) is 2.63. The Balaban J connectivity index is 1.92. The Labute approximate surface area is 122 Å². The molecule has 2 rings (SSSR count). The lowest BCUT2D eigenvalue weighted by Gasteiger charge is -2.32. The molecule has 0 saturated carbocycles. The average molecular weight is 361 g/mol. The summed E-state index contributed by atoms with van der Waals surface area (Å²) < 4.78 is 1.40. The summed E-state index contributed by atoms with van der Waals surface area (Å²) in [7, 11) is 0. The number of likely N-dealkylation sites (tertiary alicyclic amines) is 1. The Bertz CT molecular complexity index is 354. The summed E-state index contributed by atoms with van der Waals surface area (Å²) >= 11 is 4.44. The Hall–Kier alpha value is 0.260. The normalized spacial score (nSPS) is 21.6. The molecule has 1 saturated heterocycles. The number of thioether (sulfide) groups is 1. The van der Waals surface area contributed by atoms with E-state index < -0.39 is 0 Å². The number of halogens is 1. The highest BCUT2D eigenvalue weighted by molar-refractivity contribution is 14.1. The summed E-state index contributed by atoms with van der Waals surface area (Å²) in [5.74, 6) is 2.22. The van der Waals surface area contributed by atoms with E-state index in [1.54, 1.807) is 0 Å². The maximum atomic E-state index is 2.63. The molecule has 0 bridgehead atoms. The third kappa shape index (κ3) is 4.14. The van der Waals surface area contributed by atoms with E-state index in [9.17, 15) is 0 Å². The first-order valence-corrected chi connectivity index (χ1v) is 8.71. The number of benzene rings is 1. The molecule has 0 aromatic heterocycles. The lowest BCUT2D eigenvalue weighted by atomic mass is 9.99. The molecule has 0 aliphatic carbocycles. The minimum absolute atomic E-state index is 0.903. The minimum atomic E-state index is 0.903. The van der Waals surface area contributed by atoms with Gasteiger partial charge in [-0.05, 0) is 71.5 Å². The number of hydrogen-bond donors (Lipinski definition) is 0. The Morgan fingerprint density at radius 3 is 3.00 bits per heavy atom. The van der Waals surface area contributed by atoms with E-state index in [1.807, 2.05) is 11.8 Å². The first-order chi connectivity index (χ1) is 8.29. The van der Waals surface area contributed by atoms with Gasteiger partial charge in [-0.15, -0.1) is 0 Å². The van der Waals surface area contributed by atoms with Crippen molar-refractivity contribution in [1.29, 1.82) is 0 Å². The molecule has 1 heterocycles. The first-order valence-electron chi connectivity index (χ1n) is 6.24. The maximum Gasteiger partial charge on any atom is 0.0244 e. The molecular formula is C14H20INS. The maximum absolute atomic E-state index is 2.63. The fourth-order valence-corrected chi connectivity index (χ4v) is 3.84. The molecular weight excluding hydrogens is 341 g/mol. The van der Waals surface area contributed by atoms with E-state index in [4.69, 9.17) is 0 Å². The summed E-state index contributed by atoms with van der Waals surface area (Å²) in [5.41, 5.74) is 1.48. The zero-order chi connectivity index (χ0) is 12.1. The van der Waals surface area contributed by atoms with Crippen LogP contribution in [0.3, 0.4) is 0 Å². The van der Waals surface area contributed by atoms with Crippen molar-refractivity contribution in [3.8, 4) is 0 Å². The SMILES string of the molecule is CSCC1CCCN(Cc2ccccc2I)C1. The zero-order valence-electron chi connectivity index (χ0n) is 10.4. The van der Waals surface area contributed by atoms with Crippen LogP contribution in [0.2, 0.25) is 0 Å². The van der Waals surface area contributed by atoms with E-state index in [2.05, 4.69) is 58.0 Å². The van der Waals surface area contributed by atoms with Gasteiger partial charge >= 0.3 is 0 Å². The molecule has 17 heavy (non-hydrogen) atoms. The monoisotopic (exact) mass is 361 g/mol. The number of hydrogen-bond acceptors (Lipinski definition) is 2. The van der Waals surface area contributed by atoms with Gasteiger partial charge in [0.2, 0.25) is 0 Å². The molecule has 1 aliphatic heterocycles. The van der Waals surface area contributed by atoms with Crippen molar-refractivity contribution in [3.05, 3.63) is 33.4 Å². The largest absolute Gasteiger partial charge is 0.299 e. The lowest BCUT2D eigenvalue weighted by molar-refractivity contribution is 0.178. The van der Waals surface area contributed by atoms with Crippen molar-refractivity contribution < 1.29 is 0 Å². The van der Waals surface area contributed by atoms with E-state index >= 15 is 0 Å². The third-order valence-corrected chi connectivity index (χ3v) is 5.21. The summed E-state index contributed by atoms with van der Waals surface area (Å²) in [6, 6.07) is 8.75. The zero-order valence-corrected chi connectivity index (χ0v) is 13.3. The second-order valence-electron chi connectivity index (χ2n) is 4.79. The van der Waals surface area contributed by atoms with Crippen LogP contribution in [0.25, 0.3) is 0 Å². The summed E-state index contributed by atoms with van der Waals surface area (Å²) in [5, 5.41) is 0. The van der Waals surface area contributed by atoms with Crippen LogP contribution in [0.4, 0.5) is 0 Å². The standard InChI is InChI=1S/C14H20INS/c1-17-11-12-5-4-8-16(9-12)10-13-6-2-3-7-14(13)15/h2-3,6-7,12H,4-5,8-11H2,1H3. The molecule has 1 nitrogen and oxygen atoms in total. The minimum Gasteiger partial charge on any atom is -0.299 e. The smallest absolute Gasteiger partial charge is 0.0244 e. The van der Waals surface area contributed by atoms with Gasteiger partial charge in [0.15, 0.2) is 0 Å². The van der Waals surface area contributed by atoms with Gasteiger partial charge in [-0.2, -0.15) is 11.8 Å². The molecule has 0 amide bonds. The second kappa shape index (κ2) is 7.00. The third-order valence-electron chi connectivity index (χ3n) is 3.36. The van der Waals surface area contributed by atoms with Crippen LogP contribution in [-0.4, -0.2) is 30.0 Å². The van der Waals surface area contributed by atoms with Crippen molar-refractivity contribution in [1.82, 2.24) is 4.90 Å². The first kappa shape index (κ1) is 13.7. The summed E-state index contributed by atoms with van der Waals surface area (Å²) in [6.45, 7) is 3.69. The van der Waals surface area contributed by atoms with Crippen molar-refractivity contribution in [2.45, 2.75) is 19.4 Å². The highest BCUT2D eigenvalue weighted by Crippen LogP contribution is 2.22. The van der Waals surface area contributed by atoms with E-state index in [0.717, 1.165) is 12.5 Å². The number of piperidine rings is 1. The fourth-order valence-electron chi connectivity index (χ4n) is 2.53. The quantitative estimate of drug-likeness (QED) is 0.749. The van der Waals surface area contributed by atoms with Gasteiger partial charge in [0.25, 0.3) is 0 Å². The fraction of sp³-hybridized carbons (Fsp3) is 0.571. The molecule has 1 aromatic rings. The van der Waals surface area contributed by atoms with Gasteiger partial charge in [-0.25, -0.2) is 0 Å². The Kier molecular flexibility index (Phi) is 5.63. The lowest BCUT2D eigenvalue weighted by Crippen LogP contribution is -2.36. The van der Waals surface area contributed by atoms with E-state index in [-0.39, 0.29) is 0 Å². The Morgan fingerprint density at radius 1 is 1.41 bits per heavy atom. The van der Waals surface area contributed by atoms with Crippen molar-refractivity contribution in [3.63, 3.8) is 0 Å². The van der Waals surface area contributed by atoms with Crippen LogP contribution in [0, 0.1) is 9.49 Å². The number of rotatable bonds is 4. The number of nitrogens with zero attached hydrogens (tertiary/aromatic N) is 1. The van der Waals surface area contributed by atoms with E-state index in [1.165, 1.54) is 40.8 Å².